The van der Waals surface area contributed by atoms with Gasteiger partial charge in [-0.2, -0.15) is 9.98 Å². The molecule has 15 nitrogen and oxygen atoms in total. The Morgan fingerprint density at radius 3 is 2.62 bits per heavy atom. The fourth-order valence-corrected chi connectivity index (χ4v) is 10.1. The maximum atomic E-state index is 13.6. The lowest BCUT2D eigenvalue weighted by Gasteiger charge is -2.34. The molecular weight excluding hydrogens is 755 g/mol. The number of aliphatic imine (C=N–C) groups is 1. The number of piperidine rings is 2. The summed E-state index contributed by atoms with van der Waals surface area (Å²) in [6.45, 7) is 4.80. The molecule has 4 fully saturated rings. The predicted octanol–water partition coefficient (Wildman–Crippen LogP) is 3.93. The Kier molecular flexibility index (Phi) is 12.2. The summed E-state index contributed by atoms with van der Waals surface area (Å²) in [5.74, 6) is 1.68. The summed E-state index contributed by atoms with van der Waals surface area (Å²) < 4.78 is 2.39. The number of nitrogens with one attached hydrogen (secondary N) is 3. The average Bonchev–Trinajstić information content (AvgIpc) is 4.00. The van der Waals surface area contributed by atoms with Gasteiger partial charge in [-0.05, 0) is 125 Å². The van der Waals surface area contributed by atoms with Gasteiger partial charge in [-0.1, -0.05) is 12.1 Å². The Hall–Kier alpha value is -4.64. The van der Waals surface area contributed by atoms with Crippen LogP contribution in [0.4, 0.5) is 17.5 Å². The van der Waals surface area contributed by atoms with Crippen molar-refractivity contribution in [2.24, 2.45) is 10.7 Å². The van der Waals surface area contributed by atoms with Crippen molar-refractivity contribution in [3.8, 4) is 0 Å². The average molecular weight is 810 g/mol. The van der Waals surface area contributed by atoms with Gasteiger partial charge in [-0.25, -0.2) is 14.3 Å². The maximum Gasteiger partial charge on any atom is 0.249 e. The van der Waals surface area contributed by atoms with Crippen molar-refractivity contribution in [2.45, 2.75) is 112 Å². The highest BCUT2D eigenvalue weighted by Crippen LogP contribution is 2.57. The molecule has 308 valence electrons. The van der Waals surface area contributed by atoms with Crippen molar-refractivity contribution in [2.75, 3.05) is 55.3 Å². The minimum atomic E-state index is -0.441. The molecule has 1 unspecified atom stereocenters. The molecule has 2 atom stereocenters. The lowest BCUT2D eigenvalue weighted by Crippen LogP contribution is -2.44. The molecule has 1 spiro atoms. The van der Waals surface area contributed by atoms with E-state index in [1.807, 2.05) is 24.2 Å². The van der Waals surface area contributed by atoms with Crippen LogP contribution in [0.15, 0.2) is 52.6 Å². The number of carbonyl (C=O) groups is 3. The largest absolute Gasteiger partial charge is 0.393 e. The SMILES string of the molecule is CNc1cc(C2CCN(Cc3cccc(SN4CCC(Nc5ncc6c(n5)N(C5CCC[C@@H](O)C5)C(=O)C65CC5)CC4)n3)CC2)ccc1C(N)=NC(=O)CCNC=O. The van der Waals surface area contributed by atoms with E-state index in [1.165, 1.54) is 5.56 Å². The van der Waals surface area contributed by atoms with Crippen LogP contribution in [0.25, 0.3) is 0 Å². The van der Waals surface area contributed by atoms with Crippen LogP contribution in [-0.2, 0) is 26.3 Å². The number of aliphatic hydroxyl groups is 1. The Balaban J connectivity index is 0.805. The first kappa shape index (κ1) is 40.2. The molecule has 1 aromatic carbocycles. The van der Waals surface area contributed by atoms with Gasteiger partial charge in [-0.3, -0.25) is 24.2 Å². The molecule has 16 heteroatoms. The van der Waals surface area contributed by atoms with Gasteiger partial charge >= 0.3 is 0 Å². The van der Waals surface area contributed by atoms with Gasteiger partial charge in [0, 0.05) is 74.7 Å². The number of nitrogens with two attached hydrogens (primary N) is 1. The Bertz CT molecular complexity index is 2010. The number of benzene rings is 1. The summed E-state index contributed by atoms with van der Waals surface area (Å²) in [5.41, 5.74) is 10.6. The first-order valence-corrected chi connectivity index (χ1v) is 21.6. The molecule has 5 heterocycles. The monoisotopic (exact) mass is 809 g/mol. The highest BCUT2D eigenvalue weighted by Gasteiger charge is 2.61. The minimum absolute atomic E-state index is 0.00133. The number of aromatic nitrogens is 3. The van der Waals surface area contributed by atoms with Crippen LogP contribution in [0.1, 0.15) is 98.9 Å². The quantitative estimate of drug-likeness (QED) is 0.0518. The van der Waals surface area contributed by atoms with Crippen molar-refractivity contribution >= 4 is 53.5 Å². The van der Waals surface area contributed by atoms with Gasteiger partial charge in [0.25, 0.3) is 0 Å². The molecule has 0 radical (unpaired) electrons. The van der Waals surface area contributed by atoms with Gasteiger partial charge in [0.2, 0.25) is 24.2 Å². The number of anilines is 3. The van der Waals surface area contributed by atoms with E-state index in [4.69, 9.17) is 20.7 Å². The standard InChI is InChI=1S/C42H55N11O4S/c1-44-35-22-28(8-9-33(35)38(43)49-36(56)10-17-45-26-54)27-11-18-51(19-12-27)25-30-4-2-7-37(47-30)58-52-20-13-29(14-21-52)48-41-46-24-34-39(50-41)53(40(57)42(34)15-16-42)31-5-3-6-32(55)23-31/h2,4,7-9,22,24,26-27,29,31-32,44,55H,3,5-6,10-21,23,25H2,1H3,(H,45,54)(H2,43,49,56)(H,46,48,50)/t31?,32-/m1/s1. The number of hydrogen-bond acceptors (Lipinski definition) is 12. The second-order valence-electron chi connectivity index (χ2n) is 16.4. The summed E-state index contributed by atoms with van der Waals surface area (Å²) in [5, 5.41) is 20.6. The van der Waals surface area contributed by atoms with Crippen molar-refractivity contribution < 1.29 is 19.5 Å². The van der Waals surface area contributed by atoms with Crippen molar-refractivity contribution in [1.82, 2.24) is 29.5 Å². The Morgan fingerprint density at radius 2 is 1.88 bits per heavy atom. The zero-order chi connectivity index (χ0) is 40.2. The van der Waals surface area contributed by atoms with Crippen molar-refractivity contribution in [3.63, 3.8) is 0 Å². The number of likely N-dealkylation sites (tertiary alicyclic amines) is 1. The second-order valence-corrected chi connectivity index (χ2v) is 17.5. The van der Waals surface area contributed by atoms with Crippen LogP contribution in [0.5, 0.6) is 0 Å². The summed E-state index contributed by atoms with van der Waals surface area (Å²) in [6.07, 6.45) is 11.1. The molecule has 6 N–H and O–H groups in total. The third kappa shape index (κ3) is 8.84. The number of carbonyl (C=O) groups excluding carboxylic acids is 3. The first-order valence-electron chi connectivity index (χ1n) is 20.9. The van der Waals surface area contributed by atoms with E-state index in [2.05, 4.69) is 60.5 Å². The van der Waals surface area contributed by atoms with Crippen LogP contribution >= 0.6 is 11.9 Å². The molecule has 2 saturated carbocycles. The number of pyridine rings is 1. The number of amidine groups is 1. The van der Waals surface area contributed by atoms with Crippen LogP contribution in [0.3, 0.4) is 0 Å². The topological polar surface area (TPSA) is 194 Å². The number of fused-ring (bicyclic) bond motifs is 2. The van der Waals surface area contributed by atoms with Gasteiger partial charge in [-0.15, -0.1) is 0 Å². The Morgan fingerprint density at radius 1 is 1.07 bits per heavy atom. The molecule has 8 rings (SSSR count). The minimum Gasteiger partial charge on any atom is -0.393 e. The highest BCUT2D eigenvalue weighted by atomic mass is 32.2. The Labute approximate surface area is 344 Å². The molecular formula is C42H55N11O4S. The third-order valence-corrected chi connectivity index (χ3v) is 13.5. The summed E-state index contributed by atoms with van der Waals surface area (Å²) in [6, 6.07) is 12.7. The lowest BCUT2D eigenvalue weighted by atomic mass is 9.88. The van der Waals surface area contributed by atoms with Crippen LogP contribution < -0.4 is 26.6 Å². The van der Waals surface area contributed by atoms with Crippen LogP contribution in [0, 0.1) is 0 Å². The zero-order valence-electron chi connectivity index (χ0n) is 33.2. The molecule has 2 aromatic heterocycles. The van der Waals surface area contributed by atoms with Gasteiger partial charge in [0.05, 0.1) is 17.2 Å². The number of aliphatic hydroxyl groups excluding tert-OH is 1. The predicted molar refractivity (Wildman–Crippen MR) is 225 cm³/mol. The van der Waals surface area contributed by atoms with Gasteiger partial charge in [0.15, 0.2) is 0 Å². The fourth-order valence-electron chi connectivity index (χ4n) is 9.12. The smallest absolute Gasteiger partial charge is 0.249 e. The fraction of sp³-hybridized carbons (Fsp3) is 0.548. The van der Waals surface area contributed by atoms with Crippen molar-refractivity contribution in [3.05, 3.63) is 65.0 Å². The zero-order valence-corrected chi connectivity index (χ0v) is 34.1. The number of nitrogens with zero attached hydrogens (tertiary/aromatic N) is 7. The lowest BCUT2D eigenvalue weighted by molar-refractivity contribution is -0.121. The second kappa shape index (κ2) is 17.7. The molecule has 3 aliphatic heterocycles. The number of rotatable bonds is 14. The normalized spacial score (nSPS) is 22.8. The molecule has 58 heavy (non-hydrogen) atoms. The van der Waals surface area contributed by atoms with Crippen molar-refractivity contribution in [1.29, 1.82) is 0 Å². The molecule has 3 amide bonds. The highest BCUT2D eigenvalue weighted by molar-refractivity contribution is 7.97. The van der Waals surface area contributed by atoms with E-state index in [0.717, 1.165) is 118 Å². The van der Waals surface area contributed by atoms with Gasteiger partial charge < -0.3 is 26.8 Å². The van der Waals surface area contributed by atoms with Gasteiger partial charge in [0.1, 0.15) is 16.7 Å². The molecule has 3 aromatic rings. The molecule has 2 saturated heterocycles. The number of hydrogen-bond donors (Lipinski definition) is 5. The van der Waals surface area contributed by atoms with E-state index >= 15 is 0 Å². The van der Waals surface area contributed by atoms with E-state index < -0.39 is 5.41 Å². The van der Waals surface area contributed by atoms with E-state index in [1.54, 1.807) is 11.9 Å². The van der Waals surface area contributed by atoms with E-state index in [0.29, 0.717) is 30.3 Å². The maximum absolute atomic E-state index is 13.6. The summed E-state index contributed by atoms with van der Waals surface area (Å²) in [7, 11) is 1.84. The molecule has 2 aliphatic carbocycles. The third-order valence-electron chi connectivity index (χ3n) is 12.5. The number of amides is 3. The first-order chi connectivity index (χ1) is 28.2. The molecule has 5 aliphatic rings. The summed E-state index contributed by atoms with van der Waals surface area (Å²) >= 11 is 1.72. The van der Waals surface area contributed by atoms with Crippen LogP contribution in [-0.4, -0.2) is 111 Å². The van der Waals surface area contributed by atoms with E-state index in [9.17, 15) is 19.5 Å². The molecule has 0 bridgehead atoms. The van der Waals surface area contributed by atoms with E-state index in [-0.39, 0.29) is 48.8 Å². The van der Waals surface area contributed by atoms with Crippen LogP contribution in [0.2, 0.25) is 0 Å². The summed E-state index contributed by atoms with van der Waals surface area (Å²) in [4.78, 5) is 59.3.